The third kappa shape index (κ3) is 4.82. The molecule has 0 aromatic carbocycles. The summed E-state index contributed by atoms with van der Waals surface area (Å²) in [7, 11) is 0. The van der Waals surface area contributed by atoms with Crippen molar-refractivity contribution in [1.29, 1.82) is 0 Å². The first-order valence-corrected chi connectivity index (χ1v) is 6.15. The van der Waals surface area contributed by atoms with Gasteiger partial charge < -0.3 is 20.4 Å². The van der Waals surface area contributed by atoms with E-state index in [2.05, 4.69) is 0 Å². The number of aliphatic carboxylic acids is 4. The van der Waals surface area contributed by atoms with Crippen molar-refractivity contribution in [2.24, 2.45) is 11.3 Å². The fourth-order valence-corrected chi connectivity index (χ4v) is 2.02. The number of carboxylic acids is 4. The van der Waals surface area contributed by atoms with Crippen LogP contribution in [0.25, 0.3) is 0 Å². The van der Waals surface area contributed by atoms with Gasteiger partial charge in [0.1, 0.15) is 0 Å². The summed E-state index contributed by atoms with van der Waals surface area (Å²) in [5.74, 6) is -10.3. The molecule has 0 aliphatic carbocycles. The van der Waals surface area contributed by atoms with Crippen molar-refractivity contribution < 1.29 is 61.3 Å². The Morgan fingerprint density at radius 1 is 0.857 bits per heavy atom. The van der Waals surface area contributed by atoms with E-state index in [9.17, 15) is 19.2 Å². The zero-order valence-corrected chi connectivity index (χ0v) is 13.1. The first-order chi connectivity index (χ1) is 9.22. The van der Waals surface area contributed by atoms with Crippen LogP contribution in [0, 0.1) is 11.3 Å². The van der Waals surface area contributed by atoms with E-state index < -0.39 is 35.2 Å². The van der Waals surface area contributed by atoms with E-state index in [4.69, 9.17) is 20.4 Å². The van der Waals surface area contributed by atoms with Gasteiger partial charge in [-0.3, -0.25) is 19.2 Å². The molecule has 0 aromatic rings. The van der Waals surface area contributed by atoms with Crippen LogP contribution < -0.4 is 0 Å². The van der Waals surface area contributed by atoms with E-state index in [1.807, 2.05) is 6.92 Å². The molecule has 0 saturated carbocycles. The van der Waals surface area contributed by atoms with Crippen molar-refractivity contribution in [2.45, 2.75) is 39.0 Å². The molecule has 9 heteroatoms. The summed E-state index contributed by atoms with van der Waals surface area (Å²) in [6.45, 7) is 1.91. The largest absolute Gasteiger partial charge is 0.481 e. The second kappa shape index (κ2) is 9.52. The van der Waals surface area contributed by atoms with Gasteiger partial charge in [0.2, 0.25) is 0 Å². The van der Waals surface area contributed by atoms with Crippen LogP contribution in [-0.4, -0.2) is 44.3 Å². The number of unbranched alkanes of at least 4 members (excludes halogenated alkanes) is 3. The molecule has 1 unspecified atom stereocenters. The molecule has 118 valence electrons. The number of hydrogen-bond donors (Lipinski definition) is 4. The number of carboxylic acid groups (broad SMARTS) is 4. The molecular formula is C12H18O8Ti. The maximum atomic E-state index is 11.1. The Kier molecular flexibility index (Phi) is 9.92. The summed E-state index contributed by atoms with van der Waals surface area (Å²) in [6.07, 6.45) is 2.13. The van der Waals surface area contributed by atoms with Gasteiger partial charge in [-0.1, -0.05) is 32.6 Å². The minimum absolute atomic E-state index is 0. The average Bonchev–Trinajstić information content (AvgIpc) is 2.31. The molecule has 0 rings (SSSR count). The Hall–Kier alpha value is -1.41. The predicted octanol–water partition coefficient (Wildman–Crippen LogP) is 0.895. The molecule has 0 aliphatic heterocycles. The van der Waals surface area contributed by atoms with E-state index in [1.54, 1.807) is 0 Å². The summed E-state index contributed by atoms with van der Waals surface area (Å²) in [6, 6.07) is 0. The molecule has 0 spiro atoms. The van der Waals surface area contributed by atoms with E-state index in [0.29, 0.717) is 6.42 Å². The third-order valence-corrected chi connectivity index (χ3v) is 3.18. The molecule has 0 bridgehead atoms. The SMILES string of the molecule is CCCCCCC(C(=O)O)C(C(=O)O)(C(=O)O)C(=O)O.[Ti]. The molecule has 0 heterocycles. The zero-order valence-electron chi connectivity index (χ0n) is 11.5. The van der Waals surface area contributed by atoms with Crippen molar-refractivity contribution in [3.63, 3.8) is 0 Å². The quantitative estimate of drug-likeness (QED) is 0.261. The Labute approximate surface area is 136 Å². The first-order valence-electron chi connectivity index (χ1n) is 6.15. The van der Waals surface area contributed by atoms with Gasteiger partial charge in [0.05, 0.1) is 5.92 Å². The molecule has 8 nitrogen and oxygen atoms in total. The van der Waals surface area contributed by atoms with E-state index in [0.717, 1.165) is 12.8 Å². The van der Waals surface area contributed by atoms with Crippen LogP contribution in [0.5, 0.6) is 0 Å². The standard InChI is InChI=1S/C12H18O8.Ti/c1-2-3-4-5-6-7(8(13)14)12(9(15)16,10(17)18)11(19)20;/h7H,2-6H2,1H3,(H,13,14)(H,15,16)(H,17,18)(H,19,20);. The monoisotopic (exact) mass is 338 g/mol. The van der Waals surface area contributed by atoms with Crippen molar-refractivity contribution in [2.75, 3.05) is 0 Å². The Morgan fingerprint density at radius 2 is 1.29 bits per heavy atom. The minimum Gasteiger partial charge on any atom is -0.481 e. The Morgan fingerprint density at radius 3 is 1.57 bits per heavy atom. The van der Waals surface area contributed by atoms with Crippen molar-refractivity contribution in [3.8, 4) is 0 Å². The molecule has 0 aromatic heterocycles. The number of hydrogen-bond acceptors (Lipinski definition) is 4. The summed E-state index contributed by atoms with van der Waals surface area (Å²) < 4.78 is 0. The normalized spacial score (nSPS) is 12.0. The molecule has 4 N–H and O–H groups in total. The van der Waals surface area contributed by atoms with Gasteiger partial charge in [-0.2, -0.15) is 0 Å². The van der Waals surface area contributed by atoms with Gasteiger partial charge in [0.15, 0.2) is 0 Å². The van der Waals surface area contributed by atoms with Crippen molar-refractivity contribution >= 4 is 23.9 Å². The predicted molar refractivity (Wildman–Crippen MR) is 65.2 cm³/mol. The molecule has 0 saturated heterocycles. The van der Waals surface area contributed by atoms with E-state index >= 15 is 0 Å². The number of carbonyl (C=O) groups is 4. The average molecular weight is 338 g/mol. The van der Waals surface area contributed by atoms with Crippen molar-refractivity contribution in [3.05, 3.63) is 0 Å². The fourth-order valence-electron chi connectivity index (χ4n) is 2.02. The maximum absolute atomic E-state index is 11.1. The van der Waals surface area contributed by atoms with Crippen LogP contribution in [-0.2, 0) is 40.9 Å². The topological polar surface area (TPSA) is 149 Å². The summed E-state index contributed by atoms with van der Waals surface area (Å²) in [5.41, 5.74) is -3.36. The van der Waals surface area contributed by atoms with Gasteiger partial charge in [-0.15, -0.1) is 0 Å². The molecule has 21 heavy (non-hydrogen) atoms. The second-order valence-electron chi connectivity index (χ2n) is 4.46. The van der Waals surface area contributed by atoms with Gasteiger partial charge in [-0.05, 0) is 6.42 Å². The molecule has 0 aliphatic rings. The van der Waals surface area contributed by atoms with Crippen LogP contribution in [0.4, 0.5) is 0 Å². The van der Waals surface area contributed by atoms with E-state index in [-0.39, 0.29) is 34.6 Å². The Bertz CT molecular complexity index is 370. The number of rotatable bonds is 10. The van der Waals surface area contributed by atoms with Crippen LogP contribution in [0.15, 0.2) is 0 Å². The third-order valence-electron chi connectivity index (χ3n) is 3.18. The molecule has 0 fully saturated rings. The first kappa shape index (κ1) is 21.9. The van der Waals surface area contributed by atoms with Gasteiger partial charge in [-0.25, -0.2) is 0 Å². The smallest absolute Gasteiger partial charge is 0.333 e. The van der Waals surface area contributed by atoms with Crippen LogP contribution in [0.2, 0.25) is 0 Å². The van der Waals surface area contributed by atoms with Gasteiger partial charge in [0, 0.05) is 21.7 Å². The maximum Gasteiger partial charge on any atom is 0.333 e. The van der Waals surface area contributed by atoms with Gasteiger partial charge in [0.25, 0.3) is 5.41 Å². The molecular weight excluding hydrogens is 320 g/mol. The van der Waals surface area contributed by atoms with Gasteiger partial charge >= 0.3 is 23.9 Å². The van der Waals surface area contributed by atoms with Crippen molar-refractivity contribution in [1.82, 2.24) is 0 Å². The molecule has 1 atom stereocenters. The second-order valence-corrected chi connectivity index (χ2v) is 4.46. The summed E-state index contributed by atoms with van der Waals surface area (Å²) in [5, 5.41) is 35.9. The van der Waals surface area contributed by atoms with Crippen LogP contribution in [0.1, 0.15) is 39.0 Å². The minimum atomic E-state index is -3.36. The summed E-state index contributed by atoms with van der Waals surface area (Å²) >= 11 is 0. The fraction of sp³-hybridized carbons (Fsp3) is 0.667. The Balaban J connectivity index is 0. The zero-order chi connectivity index (χ0) is 15.9. The summed E-state index contributed by atoms with van der Waals surface area (Å²) in [4.78, 5) is 44.5. The van der Waals surface area contributed by atoms with E-state index in [1.165, 1.54) is 0 Å². The van der Waals surface area contributed by atoms with Crippen LogP contribution in [0.3, 0.4) is 0 Å². The molecule has 0 amide bonds. The van der Waals surface area contributed by atoms with Crippen LogP contribution >= 0.6 is 0 Å². The molecule has 0 radical (unpaired) electrons.